The van der Waals surface area contributed by atoms with Gasteiger partial charge >= 0.3 is 0 Å². The molecule has 1 N–H and O–H groups in total. The van der Waals surface area contributed by atoms with Crippen LogP contribution in [0.1, 0.15) is 44.9 Å². The molecule has 7 nitrogen and oxygen atoms in total. The van der Waals surface area contributed by atoms with Crippen molar-refractivity contribution >= 4 is 27.0 Å². The number of nitrogens with zero attached hydrogens (tertiary/aromatic N) is 3. The minimum Gasteiger partial charge on any atom is -0.353 e. The number of aromatic nitrogens is 2. The molecule has 2 saturated carbocycles. The summed E-state index contributed by atoms with van der Waals surface area (Å²) in [5.74, 6) is 3.14. The van der Waals surface area contributed by atoms with Crippen molar-refractivity contribution < 1.29 is 13.2 Å². The van der Waals surface area contributed by atoms with E-state index in [1.165, 1.54) is 44.1 Å². The van der Waals surface area contributed by atoms with Crippen molar-refractivity contribution in [1.82, 2.24) is 19.2 Å². The Bertz CT molecular complexity index is 1060. The maximum atomic E-state index is 12.5. The highest BCUT2D eigenvalue weighted by atomic mass is 32.2. The van der Waals surface area contributed by atoms with Gasteiger partial charge in [-0.1, -0.05) is 6.42 Å². The van der Waals surface area contributed by atoms with Crippen LogP contribution in [0.2, 0.25) is 0 Å². The average Bonchev–Trinajstić information content (AvgIpc) is 3.41. The summed E-state index contributed by atoms with van der Waals surface area (Å²) in [5.41, 5.74) is 1.49. The van der Waals surface area contributed by atoms with Crippen molar-refractivity contribution in [3.63, 3.8) is 0 Å². The number of sulfonamides is 1. The number of amides is 1. The van der Waals surface area contributed by atoms with Gasteiger partial charge in [-0.15, -0.1) is 0 Å². The van der Waals surface area contributed by atoms with Gasteiger partial charge in [0.2, 0.25) is 15.9 Å². The fourth-order valence-electron chi connectivity index (χ4n) is 5.39. The lowest BCUT2D eigenvalue weighted by atomic mass is 9.84. The van der Waals surface area contributed by atoms with Crippen LogP contribution < -0.4 is 5.32 Å². The Morgan fingerprint density at radius 2 is 2.07 bits per heavy atom. The zero-order valence-electron chi connectivity index (χ0n) is 18.3. The normalized spacial score (nSPS) is 24.6. The van der Waals surface area contributed by atoms with Crippen molar-refractivity contribution in [2.24, 2.45) is 24.8 Å². The largest absolute Gasteiger partial charge is 0.353 e. The Kier molecular flexibility index (Phi) is 5.66. The number of hydrogen-bond donors (Lipinski definition) is 1. The number of aryl methyl sites for hydroxylation is 2. The molecule has 2 fully saturated rings. The van der Waals surface area contributed by atoms with E-state index in [2.05, 4.69) is 17.2 Å². The number of rotatable bonds is 7. The van der Waals surface area contributed by atoms with Crippen LogP contribution in [0.15, 0.2) is 23.1 Å². The van der Waals surface area contributed by atoms with Crippen LogP contribution in [-0.4, -0.2) is 48.3 Å². The molecule has 1 heterocycles. The highest BCUT2D eigenvalue weighted by molar-refractivity contribution is 7.89. The summed E-state index contributed by atoms with van der Waals surface area (Å²) in [6, 6.07) is 5.21. The van der Waals surface area contributed by atoms with Crippen molar-refractivity contribution in [3.8, 4) is 0 Å². The number of carbonyl (C=O) groups excluding carboxylic acids is 1. The molecule has 164 valence electrons. The van der Waals surface area contributed by atoms with Gasteiger partial charge in [0.15, 0.2) is 0 Å². The summed E-state index contributed by atoms with van der Waals surface area (Å²) >= 11 is 0. The van der Waals surface area contributed by atoms with E-state index in [-0.39, 0.29) is 16.8 Å². The van der Waals surface area contributed by atoms with E-state index in [0.717, 1.165) is 23.2 Å². The van der Waals surface area contributed by atoms with Gasteiger partial charge in [0, 0.05) is 40.0 Å². The fraction of sp³-hybridized carbons (Fsp3) is 0.636. The standard InChI is InChI=1S/C22H32N4O3S/c1-14(18-12-15-5-6-16(18)11-15)23-22(27)10-9-21-24-19-13-17(30(28,29)25(2)3)7-8-20(19)26(21)4/h7-8,13-16,18H,5-6,9-12H2,1-4H3,(H,23,27)/t14-,15+,16+,18-/m1/s1. The molecule has 0 saturated heterocycles. The molecule has 2 bridgehead atoms. The van der Waals surface area contributed by atoms with E-state index < -0.39 is 10.0 Å². The second kappa shape index (κ2) is 7.96. The van der Waals surface area contributed by atoms with Crippen LogP contribution in [0.4, 0.5) is 0 Å². The number of hydrogen-bond acceptors (Lipinski definition) is 4. The van der Waals surface area contributed by atoms with E-state index in [1.54, 1.807) is 18.2 Å². The van der Waals surface area contributed by atoms with Gasteiger partial charge in [-0.05, 0) is 62.1 Å². The van der Waals surface area contributed by atoms with Crippen LogP contribution >= 0.6 is 0 Å². The van der Waals surface area contributed by atoms with Gasteiger partial charge in [-0.25, -0.2) is 17.7 Å². The van der Waals surface area contributed by atoms with Gasteiger partial charge in [-0.3, -0.25) is 4.79 Å². The predicted octanol–water partition coefficient (Wildman–Crippen LogP) is 2.70. The number of carbonyl (C=O) groups is 1. The monoisotopic (exact) mass is 432 g/mol. The van der Waals surface area contributed by atoms with E-state index in [0.29, 0.717) is 24.3 Å². The molecule has 4 atom stereocenters. The van der Waals surface area contributed by atoms with Crippen LogP contribution in [0.25, 0.3) is 11.0 Å². The predicted molar refractivity (Wildman–Crippen MR) is 116 cm³/mol. The van der Waals surface area contributed by atoms with Crippen LogP contribution in [0, 0.1) is 17.8 Å². The first kappa shape index (κ1) is 21.3. The first-order valence-electron chi connectivity index (χ1n) is 10.8. The lowest BCUT2D eigenvalue weighted by molar-refractivity contribution is -0.122. The Morgan fingerprint density at radius 1 is 1.30 bits per heavy atom. The summed E-state index contributed by atoms with van der Waals surface area (Å²) in [5, 5.41) is 3.21. The van der Waals surface area contributed by atoms with Crippen LogP contribution in [0.5, 0.6) is 0 Å². The summed E-state index contributed by atoms with van der Waals surface area (Å²) in [7, 11) is 1.43. The molecular weight excluding hydrogens is 400 g/mol. The van der Waals surface area contributed by atoms with Crippen molar-refractivity contribution in [2.45, 2.75) is 56.4 Å². The lowest BCUT2D eigenvalue weighted by Crippen LogP contribution is -2.40. The minimum absolute atomic E-state index is 0.0632. The van der Waals surface area contributed by atoms with Gasteiger partial charge < -0.3 is 9.88 Å². The second-order valence-corrected chi connectivity index (χ2v) is 11.4. The Labute approximate surface area is 178 Å². The van der Waals surface area contributed by atoms with Crippen LogP contribution in [0.3, 0.4) is 0 Å². The van der Waals surface area contributed by atoms with E-state index in [4.69, 9.17) is 0 Å². The maximum Gasteiger partial charge on any atom is 0.242 e. The summed E-state index contributed by atoms with van der Waals surface area (Å²) in [6.07, 6.45) is 6.19. The molecule has 0 aliphatic heterocycles. The zero-order chi connectivity index (χ0) is 21.6. The summed E-state index contributed by atoms with van der Waals surface area (Å²) in [6.45, 7) is 2.14. The molecule has 2 aliphatic carbocycles. The number of benzene rings is 1. The topological polar surface area (TPSA) is 84.3 Å². The highest BCUT2D eigenvalue weighted by Crippen LogP contribution is 2.49. The molecule has 1 aromatic heterocycles. The molecular formula is C22H32N4O3S. The van der Waals surface area contributed by atoms with Crippen molar-refractivity contribution in [1.29, 1.82) is 0 Å². The Hall–Kier alpha value is -1.93. The molecule has 8 heteroatoms. The Morgan fingerprint density at radius 3 is 2.70 bits per heavy atom. The second-order valence-electron chi connectivity index (χ2n) is 9.22. The number of fused-ring (bicyclic) bond motifs is 3. The summed E-state index contributed by atoms with van der Waals surface area (Å²) in [4.78, 5) is 17.4. The van der Waals surface area contributed by atoms with E-state index >= 15 is 0 Å². The summed E-state index contributed by atoms with van der Waals surface area (Å²) < 4.78 is 27.9. The maximum absolute atomic E-state index is 12.5. The third-order valence-corrected chi connectivity index (χ3v) is 8.93. The number of nitrogens with one attached hydrogen (secondary N) is 1. The first-order valence-corrected chi connectivity index (χ1v) is 12.3. The Balaban J connectivity index is 1.41. The molecule has 2 aromatic rings. The average molecular weight is 433 g/mol. The molecule has 4 rings (SSSR count). The van der Waals surface area contributed by atoms with Gasteiger partial charge in [0.05, 0.1) is 15.9 Å². The minimum atomic E-state index is -3.50. The smallest absolute Gasteiger partial charge is 0.242 e. The molecule has 1 aromatic carbocycles. The van der Waals surface area contributed by atoms with E-state index in [1.807, 2.05) is 11.6 Å². The molecule has 0 unspecified atom stereocenters. The van der Waals surface area contributed by atoms with Crippen molar-refractivity contribution in [3.05, 3.63) is 24.0 Å². The zero-order valence-corrected chi connectivity index (χ0v) is 19.1. The lowest BCUT2D eigenvalue weighted by Gasteiger charge is -2.28. The highest BCUT2D eigenvalue weighted by Gasteiger charge is 2.42. The molecule has 2 aliphatic rings. The molecule has 0 radical (unpaired) electrons. The van der Waals surface area contributed by atoms with Gasteiger partial charge in [0.25, 0.3) is 0 Å². The van der Waals surface area contributed by atoms with Gasteiger partial charge in [-0.2, -0.15) is 0 Å². The first-order chi connectivity index (χ1) is 14.2. The quantitative estimate of drug-likeness (QED) is 0.729. The van der Waals surface area contributed by atoms with Crippen LogP contribution in [-0.2, 0) is 28.3 Å². The molecule has 0 spiro atoms. The molecule has 30 heavy (non-hydrogen) atoms. The van der Waals surface area contributed by atoms with Gasteiger partial charge in [0.1, 0.15) is 5.82 Å². The fourth-order valence-corrected chi connectivity index (χ4v) is 6.31. The molecule has 1 amide bonds. The third kappa shape index (κ3) is 3.87. The van der Waals surface area contributed by atoms with Crippen molar-refractivity contribution in [2.75, 3.05) is 14.1 Å². The van der Waals surface area contributed by atoms with E-state index in [9.17, 15) is 13.2 Å². The number of imidazole rings is 1. The third-order valence-electron chi connectivity index (χ3n) is 7.12. The SMILES string of the molecule is C[C@@H](NC(=O)CCc1nc2cc(S(=O)(=O)N(C)C)ccc2n1C)[C@H]1C[C@H]2CC[C@H]1C2.